The number of para-hydroxylation sites is 1. The lowest BCUT2D eigenvalue weighted by Gasteiger charge is -2.08. The second-order valence-corrected chi connectivity index (χ2v) is 4.37. The van der Waals surface area contributed by atoms with Crippen molar-refractivity contribution in [2.75, 3.05) is 5.32 Å². The number of nitrogens with one attached hydrogen (secondary N) is 2. The molecule has 0 radical (unpaired) electrons. The Morgan fingerprint density at radius 2 is 1.85 bits per heavy atom. The average molecular weight is 277 g/mol. The number of aromatic amines is 1. The molecule has 0 aliphatic carbocycles. The smallest absolute Gasteiger partial charge is 0.194 e. The topological polar surface area (TPSA) is 40.7 Å². The first kappa shape index (κ1) is 12.5. The van der Waals surface area contributed by atoms with Gasteiger partial charge in [-0.1, -0.05) is 12.1 Å². The number of halogens is 3. The van der Waals surface area contributed by atoms with Crippen molar-refractivity contribution in [3.05, 3.63) is 59.5 Å². The zero-order chi connectivity index (χ0) is 14.1. The van der Waals surface area contributed by atoms with Crippen LogP contribution in [-0.4, -0.2) is 10.2 Å². The zero-order valence-electron chi connectivity index (χ0n) is 10.3. The van der Waals surface area contributed by atoms with Crippen molar-refractivity contribution < 1.29 is 13.2 Å². The fourth-order valence-corrected chi connectivity index (χ4v) is 2.02. The van der Waals surface area contributed by atoms with E-state index >= 15 is 0 Å². The number of benzene rings is 2. The maximum atomic E-state index is 13.1. The van der Waals surface area contributed by atoms with Gasteiger partial charge in [-0.25, -0.2) is 13.2 Å². The van der Waals surface area contributed by atoms with Gasteiger partial charge in [0, 0.05) is 11.9 Å². The number of hydrogen-bond donors (Lipinski definition) is 2. The van der Waals surface area contributed by atoms with Crippen LogP contribution in [0.5, 0.6) is 0 Å². The molecule has 2 N–H and O–H groups in total. The number of anilines is 1. The highest BCUT2D eigenvalue weighted by atomic mass is 19.2. The molecular formula is C14H10F3N3. The molecule has 102 valence electrons. The molecule has 0 bridgehead atoms. The molecule has 0 aliphatic rings. The Labute approximate surface area is 112 Å². The summed E-state index contributed by atoms with van der Waals surface area (Å²) in [5.41, 5.74) is 1.87. The van der Waals surface area contributed by atoms with Gasteiger partial charge in [0.2, 0.25) is 0 Å². The minimum absolute atomic E-state index is 0.173. The van der Waals surface area contributed by atoms with Gasteiger partial charge in [0.15, 0.2) is 17.5 Å². The van der Waals surface area contributed by atoms with Crippen LogP contribution < -0.4 is 5.32 Å². The Bertz CT molecular complexity index is 744. The molecule has 1 heterocycles. The van der Waals surface area contributed by atoms with Crippen molar-refractivity contribution in [3.8, 4) is 0 Å². The third-order valence-corrected chi connectivity index (χ3v) is 3.00. The first-order valence-electron chi connectivity index (χ1n) is 5.94. The van der Waals surface area contributed by atoms with E-state index in [1.807, 2.05) is 18.2 Å². The van der Waals surface area contributed by atoms with Crippen molar-refractivity contribution in [3.63, 3.8) is 0 Å². The molecule has 0 aliphatic heterocycles. The molecule has 0 saturated carbocycles. The van der Waals surface area contributed by atoms with E-state index in [-0.39, 0.29) is 6.54 Å². The lowest BCUT2D eigenvalue weighted by atomic mass is 10.2. The molecule has 2 aromatic carbocycles. The minimum Gasteiger partial charge on any atom is -0.379 e. The van der Waals surface area contributed by atoms with Gasteiger partial charge >= 0.3 is 0 Å². The highest BCUT2D eigenvalue weighted by molar-refractivity contribution is 5.89. The first-order chi connectivity index (χ1) is 9.65. The molecule has 0 atom stereocenters. The number of aromatic nitrogens is 2. The van der Waals surface area contributed by atoms with E-state index in [1.165, 1.54) is 0 Å². The molecule has 0 amide bonds. The summed E-state index contributed by atoms with van der Waals surface area (Å²) in [6, 6.07) is 7.49. The second-order valence-electron chi connectivity index (χ2n) is 4.37. The molecule has 0 fully saturated rings. The van der Waals surface area contributed by atoms with Gasteiger partial charge in [0.05, 0.1) is 17.4 Å². The summed E-state index contributed by atoms with van der Waals surface area (Å²) in [6.07, 6.45) is 1.68. The van der Waals surface area contributed by atoms with Crippen molar-refractivity contribution >= 4 is 16.6 Å². The Kier molecular flexibility index (Phi) is 3.06. The highest BCUT2D eigenvalue weighted by Crippen LogP contribution is 2.21. The maximum Gasteiger partial charge on any atom is 0.194 e. The summed E-state index contributed by atoms with van der Waals surface area (Å²) in [5, 5.41) is 10.7. The molecular weight excluding hydrogens is 267 g/mol. The van der Waals surface area contributed by atoms with E-state index < -0.39 is 17.5 Å². The lowest BCUT2D eigenvalue weighted by molar-refractivity contribution is 0.445. The Balaban J connectivity index is 1.85. The van der Waals surface area contributed by atoms with E-state index in [0.717, 1.165) is 28.7 Å². The quantitative estimate of drug-likeness (QED) is 0.718. The minimum atomic E-state index is -1.45. The van der Waals surface area contributed by atoms with Crippen molar-refractivity contribution in [2.24, 2.45) is 0 Å². The van der Waals surface area contributed by atoms with E-state index in [4.69, 9.17) is 0 Å². The molecule has 3 nitrogen and oxygen atoms in total. The average Bonchev–Trinajstić information content (AvgIpc) is 2.91. The number of fused-ring (bicyclic) bond motifs is 1. The SMILES string of the molecule is Fc1cc(CNc2cccc3cn[nH]c23)cc(F)c1F. The van der Waals surface area contributed by atoms with Crippen molar-refractivity contribution in [1.29, 1.82) is 0 Å². The number of hydrogen-bond acceptors (Lipinski definition) is 2. The van der Waals surface area contributed by atoms with Gasteiger partial charge in [0.25, 0.3) is 0 Å². The lowest BCUT2D eigenvalue weighted by Crippen LogP contribution is -2.02. The first-order valence-corrected chi connectivity index (χ1v) is 5.94. The van der Waals surface area contributed by atoms with Gasteiger partial charge in [-0.3, -0.25) is 5.10 Å². The summed E-state index contributed by atoms with van der Waals surface area (Å²) in [5.74, 6) is -3.84. The second kappa shape index (κ2) is 4.88. The monoisotopic (exact) mass is 277 g/mol. The maximum absolute atomic E-state index is 13.1. The molecule has 0 spiro atoms. The molecule has 1 aromatic heterocycles. The third kappa shape index (κ3) is 2.20. The van der Waals surface area contributed by atoms with Gasteiger partial charge in [0.1, 0.15) is 0 Å². The Morgan fingerprint density at radius 1 is 1.10 bits per heavy atom. The van der Waals surface area contributed by atoms with E-state index in [0.29, 0.717) is 5.56 Å². The van der Waals surface area contributed by atoms with Crippen LogP contribution in [0, 0.1) is 17.5 Å². The fraction of sp³-hybridized carbons (Fsp3) is 0.0714. The van der Waals surface area contributed by atoms with Crippen LogP contribution in [0.15, 0.2) is 36.5 Å². The van der Waals surface area contributed by atoms with Gasteiger partial charge in [-0.05, 0) is 23.8 Å². The summed E-state index contributed by atoms with van der Waals surface area (Å²) in [7, 11) is 0. The van der Waals surface area contributed by atoms with Crippen LogP contribution in [0.25, 0.3) is 10.9 Å². The van der Waals surface area contributed by atoms with Crippen LogP contribution in [0.3, 0.4) is 0 Å². The van der Waals surface area contributed by atoms with Gasteiger partial charge in [-0.15, -0.1) is 0 Å². The Hall–Kier alpha value is -2.50. The molecule has 6 heteroatoms. The number of H-pyrrole nitrogens is 1. The predicted octanol–water partition coefficient (Wildman–Crippen LogP) is 3.59. The van der Waals surface area contributed by atoms with Crippen LogP contribution >= 0.6 is 0 Å². The van der Waals surface area contributed by atoms with Crippen LogP contribution in [0.2, 0.25) is 0 Å². The largest absolute Gasteiger partial charge is 0.379 e. The number of nitrogens with zero attached hydrogens (tertiary/aromatic N) is 1. The van der Waals surface area contributed by atoms with Crippen LogP contribution in [-0.2, 0) is 6.54 Å². The summed E-state index contributed by atoms with van der Waals surface area (Å²) >= 11 is 0. The van der Waals surface area contributed by atoms with Crippen LogP contribution in [0.4, 0.5) is 18.9 Å². The summed E-state index contributed by atoms with van der Waals surface area (Å²) in [4.78, 5) is 0. The fourth-order valence-electron chi connectivity index (χ4n) is 2.02. The van der Waals surface area contributed by atoms with E-state index in [1.54, 1.807) is 6.20 Å². The normalized spacial score (nSPS) is 10.9. The van der Waals surface area contributed by atoms with E-state index in [2.05, 4.69) is 15.5 Å². The molecule has 0 unspecified atom stereocenters. The predicted molar refractivity (Wildman–Crippen MR) is 69.7 cm³/mol. The van der Waals surface area contributed by atoms with Gasteiger partial charge in [-0.2, -0.15) is 5.10 Å². The highest BCUT2D eigenvalue weighted by Gasteiger charge is 2.10. The number of rotatable bonds is 3. The van der Waals surface area contributed by atoms with Crippen molar-refractivity contribution in [1.82, 2.24) is 10.2 Å². The molecule has 20 heavy (non-hydrogen) atoms. The zero-order valence-corrected chi connectivity index (χ0v) is 10.3. The van der Waals surface area contributed by atoms with Crippen LogP contribution in [0.1, 0.15) is 5.56 Å². The summed E-state index contributed by atoms with van der Waals surface area (Å²) < 4.78 is 39.1. The van der Waals surface area contributed by atoms with E-state index in [9.17, 15) is 13.2 Å². The molecule has 0 saturated heterocycles. The molecule has 3 aromatic rings. The standard InChI is InChI=1S/C14H10F3N3/c15-10-4-8(5-11(16)13(10)17)6-18-12-3-1-2-9-7-19-20-14(9)12/h1-5,7,18H,6H2,(H,19,20). The van der Waals surface area contributed by atoms with Crippen molar-refractivity contribution in [2.45, 2.75) is 6.54 Å². The third-order valence-electron chi connectivity index (χ3n) is 3.00. The summed E-state index contributed by atoms with van der Waals surface area (Å²) in [6.45, 7) is 0.173. The Morgan fingerprint density at radius 3 is 2.60 bits per heavy atom. The van der Waals surface area contributed by atoms with Gasteiger partial charge < -0.3 is 5.32 Å². The molecule has 3 rings (SSSR count).